The Morgan fingerprint density at radius 2 is 1.79 bits per heavy atom. The molecule has 156 valence electrons. The van der Waals surface area contributed by atoms with Gasteiger partial charge in [-0.1, -0.05) is 18.2 Å². The predicted molar refractivity (Wildman–Crippen MR) is 106 cm³/mol. The summed E-state index contributed by atoms with van der Waals surface area (Å²) in [7, 11) is 0. The van der Waals surface area contributed by atoms with Gasteiger partial charge in [-0.3, -0.25) is 14.5 Å². The van der Waals surface area contributed by atoms with Gasteiger partial charge in [0.2, 0.25) is 18.0 Å². The van der Waals surface area contributed by atoms with Crippen LogP contribution < -0.4 is 10.6 Å². The molecule has 2 atom stereocenters. The number of quaternary nitrogens is 1. The highest BCUT2D eigenvalue weighted by Gasteiger charge is 2.48. The van der Waals surface area contributed by atoms with Gasteiger partial charge in [-0.05, 0) is 40.2 Å². The van der Waals surface area contributed by atoms with E-state index in [-0.39, 0.29) is 35.4 Å². The average molecular weight is 400 g/mol. The van der Waals surface area contributed by atoms with Crippen LogP contribution in [0.1, 0.15) is 75.5 Å². The first-order chi connectivity index (χ1) is 13.6. The van der Waals surface area contributed by atoms with E-state index in [4.69, 9.17) is 4.74 Å². The smallest absolute Gasteiger partial charge is 0.340 e. The summed E-state index contributed by atoms with van der Waals surface area (Å²) in [6.07, 6.45) is 1.63. The molecule has 7 nitrogen and oxygen atoms in total. The van der Waals surface area contributed by atoms with Gasteiger partial charge < -0.3 is 15.4 Å². The Morgan fingerprint density at radius 1 is 1.14 bits per heavy atom. The minimum Gasteiger partial charge on any atom is -0.433 e. The summed E-state index contributed by atoms with van der Waals surface area (Å²) in [5.41, 5.74) is 1.18. The normalized spacial score (nSPS) is 28.2. The van der Waals surface area contributed by atoms with Crippen molar-refractivity contribution in [3.63, 3.8) is 0 Å². The fourth-order valence-corrected chi connectivity index (χ4v) is 5.50. The molecule has 0 saturated carbocycles. The molecule has 0 aliphatic carbocycles. The molecule has 4 rings (SSSR count). The van der Waals surface area contributed by atoms with Crippen molar-refractivity contribution in [1.29, 1.82) is 0 Å². The van der Waals surface area contributed by atoms with Crippen LogP contribution in [0.15, 0.2) is 24.3 Å². The van der Waals surface area contributed by atoms with Crippen LogP contribution in [0.4, 0.5) is 0 Å². The van der Waals surface area contributed by atoms with Crippen molar-refractivity contribution in [2.45, 2.75) is 82.8 Å². The number of amides is 2. The molecular formula is C22H30N3O4+. The summed E-state index contributed by atoms with van der Waals surface area (Å²) < 4.78 is 5.50. The van der Waals surface area contributed by atoms with Crippen LogP contribution in [0.5, 0.6) is 0 Å². The maximum Gasteiger partial charge on any atom is 0.340 e. The first kappa shape index (κ1) is 19.9. The number of nitrogens with two attached hydrogens (primary N) is 1. The maximum absolute atomic E-state index is 13.2. The molecular weight excluding hydrogens is 370 g/mol. The third kappa shape index (κ3) is 3.75. The van der Waals surface area contributed by atoms with E-state index in [1.165, 1.54) is 4.90 Å². The summed E-state index contributed by atoms with van der Waals surface area (Å²) in [6, 6.07) is 6.48. The van der Waals surface area contributed by atoms with Crippen LogP contribution in [0.25, 0.3) is 0 Å². The number of carbonyl (C=O) groups is 3. The van der Waals surface area contributed by atoms with E-state index in [9.17, 15) is 14.4 Å². The topological polar surface area (TPSA) is 92.3 Å². The number of nitrogens with zero attached hydrogens (tertiary/aromatic N) is 1. The lowest BCUT2D eigenvalue weighted by molar-refractivity contribution is -0.787. The van der Waals surface area contributed by atoms with E-state index in [0.717, 1.165) is 12.8 Å². The lowest BCUT2D eigenvalue weighted by Gasteiger charge is -2.43. The summed E-state index contributed by atoms with van der Waals surface area (Å²) in [5, 5.41) is 5.55. The van der Waals surface area contributed by atoms with Crippen LogP contribution in [-0.4, -0.2) is 45.8 Å². The van der Waals surface area contributed by atoms with Gasteiger partial charge in [0.25, 0.3) is 0 Å². The Bertz CT molecular complexity index is 847. The van der Waals surface area contributed by atoms with Gasteiger partial charge in [-0.15, -0.1) is 0 Å². The van der Waals surface area contributed by atoms with E-state index >= 15 is 0 Å². The van der Waals surface area contributed by atoms with E-state index in [2.05, 4.69) is 38.3 Å². The second-order valence-electron chi connectivity index (χ2n) is 9.94. The molecule has 3 N–H and O–H groups in total. The van der Waals surface area contributed by atoms with Gasteiger partial charge in [-0.2, -0.15) is 0 Å². The monoisotopic (exact) mass is 400 g/mol. The third-order valence-corrected chi connectivity index (χ3v) is 6.15. The molecule has 3 aliphatic rings. The number of esters is 1. The zero-order valence-corrected chi connectivity index (χ0v) is 17.5. The van der Waals surface area contributed by atoms with Crippen molar-refractivity contribution < 1.29 is 24.4 Å². The molecule has 3 aliphatic heterocycles. The average Bonchev–Trinajstić information content (AvgIpc) is 3.12. The second-order valence-corrected chi connectivity index (χ2v) is 9.94. The highest BCUT2D eigenvalue weighted by atomic mass is 16.6. The van der Waals surface area contributed by atoms with Crippen molar-refractivity contribution in [2.75, 3.05) is 0 Å². The van der Waals surface area contributed by atoms with Crippen LogP contribution >= 0.6 is 0 Å². The van der Waals surface area contributed by atoms with Crippen LogP contribution in [0, 0.1) is 0 Å². The number of fused-ring (bicyclic) bond motifs is 1. The Hall–Kier alpha value is -2.41. The minimum atomic E-state index is -0.822. The standard InChI is InChI=1S/C22H29N3O4/c1-21(2)11-13(12-22(3,4)24-21)23-18(27)16-9-10-17(26)25(16)19-14-7-5-6-8-15(14)20(28)29-19/h5-8,13,16,19,24H,9-12H2,1-4H3,(H,23,27)/p+1/t16-,19+/m0/s1. The first-order valence-electron chi connectivity index (χ1n) is 10.3. The Kier molecular flexibility index (Phi) is 4.69. The Balaban J connectivity index is 1.53. The summed E-state index contributed by atoms with van der Waals surface area (Å²) in [6.45, 7) is 8.75. The van der Waals surface area contributed by atoms with Gasteiger partial charge in [0.1, 0.15) is 6.04 Å². The number of hydrogen-bond acceptors (Lipinski definition) is 4. The number of carbonyl (C=O) groups excluding carboxylic acids is 3. The summed E-state index contributed by atoms with van der Waals surface area (Å²) >= 11 is 0. The van der Waals surface area contributed by atoms with Crippen molar-refractivity contribution in [3.05, 3.63) is 35.4 Å². The predicted octanol–water partition coefficient (Wildman–Crippen LogP) is 1.25. The molecule has 0 radical (unpaired) electrons. The molecule has 29 heavy (non-hydrogen) atoms. The van der Waals surface area contributed by atoms with E-state index < -0.39 is 18.2 Å². The second kappa shape index (κ2) is 6.83. The molecule has 1 aromatic rings. The number of hydrogen-bond donors (Lipinski definition) is 2. The van der Waals surface area contributed by atoms with Gasteiger partial charge in [0, 0.05) is 30.9 Å². The Labute approximate surface area is 171 Å². The Morgan fingerprint density at radius 3 is 2.48 bits per heavy atom. The number of benzene rings is 1. The summed E-state index contributed by atoms with van der Waals surface area (Å²) in [5.74, 6) is -0.761. The van der Waals surface area contributed by atoms with E-state index in [1.54, 1.807) is 18.2 Å². The summed E-state index contributed by atoms with van der Waals surface area (Å²) in [4.78, 5) is 39.5. The van der Waals surface area contributed by atoms with Gasteiger partial charge >= 0.3 is 5.97 Å². The minimum absolute atomic E-state index is 0.0325. The van der Waals surface area contributed by atoms with Crippen LogP contribution in [-0.2, 0) is 14.3 Å². The molecule has 7 heteroatoms. The fraction of sp³-hybridized carbons (Fsp3) is 0.591. The van der Waals surface area contributed by atoms with E-state index in [0.29, 0.717) is 17.5 Å². The van der Waals surface area contributed by atoms with Crippen molar-refractivity contribution in [2.24, 2.45) is 0 Å². The lowest BCUT2D eigenvalue weighted by atomic mass is 9.79. The largest absolute Gasteiger partial charge is 0.433 e. The molecule has 2 fully saturated rings. The molecule has 1 aromatic carbocycles. The van der Waals surface area contributed by atoms with Crippen molar-refractivity contribution in [3.8, 4) is 0 Å². The van der Waals surface area contributed by atoms with Gasteiger partial charge in [0.15, 0.2) is 0 Å². The SMILES string of the molecule is CC1(C)CC(NC(=O)[C@@H]2CCC(=O)N2[C@@H]2OC(=O)c3ccccc32)CC(C)(C)[NH2+]1. The van der Waals surface area contributed by atoms with Crippen LogP contribution in [0.2, 0.25) is 0 Å². The zero-order chi connectivity index (χ0) is 21.0. The molecule has 0 bridgehead atoms. The van der Waals surface area contributed by atoms with E-state index in [1.807, 2.05) is 6.07 Å². The molecule has 3 heterocycles. The molecule has 0 unspecified atom stereocenters. The van der Waals surface area contributed by atoms with Crippen molar-refractivity contribution in [1.82, 2.24) is 10.2 Å². The zero-order valence-electron chi connectivity index (χ0n) is 17.5. The number of likely N-dealkylation sites (tertiary alicyclic amines) is 1. The van der Waals surface area contributed by atoms with Gasteiger partial charge in [0.05, 0.1) is 16.6 Å². The third-order valence-electron chi connectivity index (χ3n) is 6.15. The fourth-order valence-electron chi connectivity index (χ4n) is 5.50. The highest BCUT2D eigenvalue weighted by molar-refractivity contribution is 5.96. The van der Waals surface area contributed by atoms with Gasteiger partial charge in [-0.25, -0.2) is 4.79 Å². The number of nitrogens with one attached hydrogen (secondary N) is 1. The highest BCUT2D eigenvalue weighted by Crippen LogP contribution is 2.38. The molecule has 2 saturated heterocycles. The number of ether oxygens (including phenoxy) is 1. The maximum atomic E-state index is 13.2. The number of piperidine rings is 1. The number of cyclic esters (lactones) is 1. The lowest BCUT2D eigenvalue weighted by Crippen LogP contribution is -3.06. The molecule has 0 aromatic heterocycles. The quantitative estimate of drug-likeness (QED) is 0.747. The van der Waals surface area contributed by atoms with Crippen LogP contribution in [0.3, 0.4) is 0 Å². The molecule has 2 amide bonds. The van der Waals surface area contributed by atoms with Crippen molar-refractivity contribution >= 4 is 17.8 Å². The molecule has 0 spiro atoms. The first-order valence-corrected chi connectivity index (χ1v) is 10.3. The number of rotatable bonds is 3.